The summed E-state index contributed by atoms with van der Waals surface area (Å²) in [5, 5.41) is 11.0. The van der Waals surface area contributed by atoms with Crippen LogP contribution in [0.2, 0.25) is 0 Å². The molecule has 30 heavy (non-hydrogen) atoms. The van der Waals surface area contributed by atoms with E-state index in [0.29, 0.717) is 5.92 Å². The van der Waals surface area contributed by atoms with Gasteiger partial charge in [0.2, 0.25) is 0 Å². The summed E-state index contributed by atoms with van der Waals surface area (Å²) in [4.78, 5) is 4.38. The Morgan fingerprint density at radius 1 is 0.967 bits per heavy atom. The van der Waals surface area contributed by atoms with E-state index >= 15 is 0 Å². The molecule has 0 radical (unpaired) electrons. The molecule has 0 spiro atoms. The second-order valence-corrected chi connectivity index (χ2v) is 7.68. The quantitative estimate of drug-likeness (QED) is 0.419. The van der Waals surface area contributed by atoms with Crippen molar-refractivity contribution < 1.29 is 4.52 Å². The van der Waals surface area contributed by atoms with Gasteiger partial charge in [-0.25, -0.2) is 0 Å². The van der Waals surface area contributed by atoms with Crippen LogP contribution in [0.5, 0.6) is 0 Å². The molecular weight excluding hydrogens is 372 g/mol. The van der Waals surface area contributed by atoms with Gasteiger partial charge in [0.1, 0.15) is 5.76 Å². The van der Waals surface area contributed by atoms with Crippen molar-refractivity contribution in [2.24, 2.45) is 4.99 Å². The molecule has 0 saturated carbocycles. The number of benzene rings is 2. The highest BCUT2D eigenvalue weighted by Gasteiger charge is 2.17. The highest BCUT2D eigenvalue weighted by molar-refractivity contribution is 5.79. The van der Waals surface area contributed by atoms with Crippen LogP contribution in [0.4, 0.5) is 0 Å². The lowest BCUT2D eigenvalue weighted by molar-refractivity contribution is 0.391. The van der Waals surface area contributed by atoms with E-state index in [1.54, 1.807) is 0 Å². The Bertz CT molecular complexity index is 875. The van der Waals surface area contributed by atoms with Crippen LogP contribution in [0.25, 0.3) is 0 Å². The van der Waals surface area contributed by atoms with E-state index in [9.17, 15) is 0 Å². The lowest BCUT2D eigenvalue weighted by atomic mass is 9.88. The third-order valence-electron chi connectivity index (χ3n) is 5.51. The van der Waals surface area contributed by atoms with Crippen LogP contribution in [0.15, 0.2) is 70.2 Å². The van der Waals surface area contributed by atoms with E-state index in [4.69, 9.17) is 4.52 Å². The molecule has 158 valence electrons. The largest absolute Gasteiger partial charge is 0.361 e. The zero-order valence-corrected chi connectivity index (χ0v) is 18.4. The molecule has 1 aromatic heterocycles. The molecule has 1 heterocycles. The average Bonchev–Trinajstić information content (AvgIpc) is 3.12. The lowest BCUT2D eigenvalue weighted by Gasteiger charge is -2.20. The molecule has 3 rings (SSSR count). The fourth-order valence-corrected chi connectivity index (χ4v) is 4.00. The molecule has 5 nitrogen and oxygen atoms in total. The number of aliphatic imine (C=N–C) groups is 1. The molecule has 0 bridgehead atoms. The first-order valence-corrected chi connectivity index (χ1v) is 10.6. The monoisotopic (exact) mass is 404 g/mol. The molecule has 5 heteroatoms. The van der Waals surface area contributed by atoms with Crippen molar-refractivity contribution in [1.29, 1.82) is 0 Å². The van der Waals surface area contributed by atoms with Gasteiger partial charge in [-0.3, -0.25) is 4.99 Å². The predicted molar refractivity (Wildman–Crippen MR) is 123 cm³/mol. The summed E-state index contributed by atoms with van der Waals surface area (Å²) < 4.78 is 5.30. The van der Waals surface area contributed by atoms with Crippen molar-refractivity contribution in [3.05, 3.63) is 88.8 Å². The van der Waals surface area contributed by atoms with Crippen LogP contribution in [0.1, 0.15) is 53.3 Å². The normalized spacial score (nSPS) is 12.8. The number of hydrogen-bond donors (Lipinski definition) is 2. The Balaban J connectivity index is 1.57. The van der Waals surface area contributed by atoms with E-state index in [1.165, 1.54) is 16.7 Å². The molecule has 0 aliphatic heterocycles. The minimum absolute atomic E-state index is 0.288. The van der Waals surface area contributed by atoms with E-state index < -0.39 is 0 Å². The Labute approximate surface area is 179 Å². The number of guanidine groups is 1. The second kappa shape index (κ2) is 10.6. The highest BCUT2D eigenvalue weighted by Crippen LogP contribution is 2.27. The molecule has 0 saturated heterocycles. The first kappa shape index (κ1) is 21.6. The van der Waals surface area contributed by atoms with Gasteiger partial charge < -0.3 is 15.2 Å². The molecule has 2 N–H and O–H groups in total. The van der Waals surface area contributed by atoms with Crippen molar-refractivity contribution in [2.45, 2.75) is 39.0 Å². The summed E-state index contributed by atoms with van der Waals surface area (Å²) >= 11 is 0. The van der Waals surface area contributed by atoms with Gasteiger partial charge in [-0.1, -0.05) is 72.7 Å². The van der Waals surface area contributed by atoms with E-state index in [-0.39, 0.29) is 5.92 Å². The molecule has 0 fully saturated rings. The van der Waals surface area contributed by atoms with Crippen LogP contribution in [0.3, 0.4) is 0 Å². The standard InChI is InChI=1S/C25H32N4O/c1-18(24-19(2)29-30-20(24)3)17-28-25(26-4)27-16-15-23(21-11-7-5-8-12-21)22-13-9-6-10-14-22/h5-14,18,23H,15-17H2,1-4H3,(H2,26,27,28). The third-order valence-corrected chi connectivity index (χ3v) is 5.51. The van der Waals surface area contributed by atoms with Crippen LogP contribution in [-0.2, 0) is 0 Å². The zero-order valence-electron chi connectivity index (χ0n) is 18.4. The molecule has 1 atom stereocenters. The summed E-state index contributed by atoms with van der Waals surface area (Å²) in [6.07, 6.45) is 0.980. The van der Waals surface area contributed by atoms with Crippen molar-refractivity contribution in [2.75, 3.05) is 20.1 Å². The summed E-state index contributed by atoms with van der Waals surface area (Å²) in [5.74, 6) is 2.34. The van der Waals surface area contributed by atoms with Crippen molar-refractivity contribution in [1.82, 2.24) is 15.8 Å². The molecule has 3 aromatic rings. The minimum Gasteiger partial charge on any atom is -0.361 e. The fraction of sp³-hybridized carbons (Fsp3) is 0.360. The van der Waals surface area contributed by atoms with Gasteiger partial charge in [0, 0.05) is 37.5 Å². The molecule has 2 aromatic carbocycles. The molecule has 1 unspecified atom stereocenters. The maximum atomic E-state index is 5.30. The number of rotatable bonds is 8. The number of aromatic nitrogens is 1. The minimum atomic E-state index is 0.288. The van der Waals surface area contributed by atoms with E-state index in [1.807, 2.05) is 20.9 Å². The zero-order chi connectivity index (χ0) is 21.3. The Morgan fingerprint density at radius 3 is 2.07 bits per heavy atom. The van der Waals surface area contributed by atoms with Crippen LogP contribution in [0, 0.1) is 13.8 Å². The van der Waals surface area contributed by atoms with Crippen molar-refractivity contribution >= 4 is 5.96 Å². The van der Waals surface area contributed by atoms with E-state index in [2.05, 4.69) is 88.4 Å². The number of nitrogens with one attached hydrogen (secondary N) is 2. The van der Waals surface area contributed by atoms with Gasteiger partial charge in [0.15, 0.2) is 5.96 Å². The Morgan fingerprint density at radius 2 is 1.57 bits per heavy atom. The Kier molecular flexibility index (Phi) is 7.66. The molecular formula is C25H32N4O. The number of aryl methyl sites for hydroxylation is 2. The Hall–Kier alpha value is -3.08. The van der Waals surface area contributed by atoms with Gasteiger partial charge in [-0.05, 0) is 31.4 Å². The van der Waals surface area contributed by atoms with Crippen LogP contribution in [-0.4, -0.2) is 31.3 Å². The first-order valence-electron chi connectivity index (χ1n) is 10.6. The predicted octanol–water partition coefficient (Wildman–Crippen LogP) is 4.78. The van der Waals surface area contributed by atoms with Crippen LogP contribution < -0.4 is 10.6 Å². The SMILES string of the molecule is CN=C(NCCC(c1ccccc1)c1ccccc1)NCC(C)c1c(C)noc1C. The van der Waals surface area contributed by atoms with Crippen LogP contribution >= 0.6 is 0 Å². The molecule has 0 amide bonds. The summed E-state index contributed by atoms with van der Waals surface area (Å²) in [6.45, 7) is 7.72. The summed E-state index contributed by atoms with van der Waals surface area (Å²) in [7, 11) is 1.81. The smallest absolute Gasteiger partial charge is 0.190 e. The van der Waals surface area contributed by atoms with Crippen molar-refractivity contribution in [3.8, 4) is 0 Å². The number of nitrogens with zero attached hydrogens (tertiary/aromatic N) is 2. The second-order valence-electron chi connectivity index (χ2n) is 7.68. The highest BCUT2D eigenvalue weighted by atomic mass is 16.5. The van der Waals surface area contributed by atoms with Gasteiger partial charge in [-0.2, -0.15) is 0 Å². The average molecular weight is 405 g/mol. The lowest BCUT2D eigenvalue weighted by Crippen LogP contribution is -2.39. The summed E-state index contributed by atoms with van der Waals surface area (Å²) in [6, 6.07) is 21.4. The maximum Gasteiger partial charge on any atom is 0.190 e. The number of hydrogen-bond acceptors (Lipinski definition) is 3. The van der Waals surface area contributed by atoms with Gasteiger partial charge in [0.25, 0.3) is 0 Å². The summed E-state index contributed by atoms with van der Waals surface area (Å²) in [5.41, 5.74) is 4.80. The molecule has 0 aliphatic rings. The van der Waals surface area contributed by atoms with Gasteiger partial charge >= 0.3 is 0 Å². The topological polar surface area (TPSA) is 62.5 Å². The van der Waals surface area contributed by atoms with Gasteiger partial charge in [0.05, 0.1) is 5.69 Å². The van der Waals surface area contributed by atoms with E-state index in [0.717, 1.165) is 36.9 Å². The first-order chi connectivity index (χ1) is 14.6. The molecule has 0 aliphatic carbocycles. The van der Waals surface area contributed by atoms with Crippen molar-refractivity contribution in [3.63, 3.8) is 0 Å². The fourth-order valence-electron chi connectivity index (χ4n) is 4.00. The third kappa shape index (κ3) is 5.50. The maximum absolute atomic E-state index is 5.30. The van der Waals surface area contributed by atoms with Gasteiger partial charge in [-0.15, -0.1) is 0 Å².